The van der Waals surface area contributed by atoms with E-state index in [2.05, 4.69) is 10.3 Å². The quantitative estimate of drug-likeness (QED) is 0.914. The van der Waals surface area contributed by atoms with E-state index in [1.165, 1.54) is 0 Å². The van der Waals surface area contributed by atoms with Crippen LogP contribution < -0.4 is 10.6 Å². The molecule has 0 saturated heterocycles. The van der Waals surface area contributed by atoms with Crippen molar-refractivity contribution in [3.05, 3.63) is 42.0 Å². The maximum atomic E-state index is 12.0. The molecule has 0 atom stereocenters. The summed E-state index contributed by atoms with van der Waals surface area (Å²) >= 11 is 0. The largest absolute Gasteiger partial charge is 0.405 e. The average Bonchev–Trinajstić information content (AvgIpc) is 2.77. The molecular weight excluding hydrogens is 297 g/mol. The minimum Gasteiger partial charge on any atom is -0.329 e. The molecule has 22 heavy (non-hydrogen) atoms. The van der Waals surface area contributed by atoms with E-state index in [0.29, 0.717) is 5.69 Å². The van der Waals surface area contributed by atoms with Crippen LogP contribution in [0.3, 0.4) is 0 Å². The van der Waals surface area contributed by atoms with Crippen LogP contribution in [0.25, 0.3) is 5.69 Å². The number of aromatic nitrogens is 2. The van der Waals surface area contributed by atoms with Crippen LogP contribution in [0.2, 0.25) is 0 Å². The molecule has 0 fully saturated rings. The Morgan fingerprint density at radius 1 is 1.23 bits per heavy atom. The van der Waals surface area contributed by atoms with Gasteiger partial charge in [0.05, 0.1) is 12.0 Å². The van der Waals surface area contributed by atoms with E-state index in [4.69, 9.17) is 0 Å². The van der Waals surface area contributed by atoms with Gasteiger partial charge < -0.3 is 15.2 Å². The highest BCUT2D eigenvalue weighted by Crippen LogP contribution is 2.17. The van der Waals surface area contributed by atoms with Gasteiger partial charge in [-0.05, 0) is 38.1 Å². The SMILES string of the molecule is Cc1ncn(-c2ccc(NC(=O)NCC(F)(F)F)cc2)c1C. The van der Waals surface area contributed by atoms with Gasteiger partial charge in [0.25, 0.3) is 0 Å². The van der Waals surface area contributed by atoms with Crippen molar-refractivity contribution in [3.8, 4) is 5.69 Å². The lowest BCUT2D eigenvalue weighted by Gasteiger charge is -2.11. The summed E-state index contributed by atoms with van der Waals surface area (Å²) in [5.74, 6) is 0. The highest BCUT2D eigenvalue weighted by Gasteiger charge is 2.27. The molecule has 0 aliphatic carbocycles. The zero-order valence-corrected chi connectivity index (χ0v) is 12.0. The fourth-order valence-corrected chi connectivity index (χ4v) is 1.82. The lowest BCUT2D eigenvalue weighted by molar-refractivity contribution is -0.122. The summed E-state index contributed by atoms with van der Waals surface area (Å²) < 4.78 is 37.8. The molecule has 0 spiro atoms. The van der Waals surface area contributed by atoms with Crippen LogP contribution in [0.15, 0.2) is 30.6 Å². The molecule has 8 heteroatoms. The van der Waals surface area contributed by atoms with Crippen molar-refractivity contribution in [2.24, 2.45) is 0 Å². The van der Waals surface area contributed by atoms with E-state index >= 15 is 0 Å². The van der Waals surface area contributed by atoms with Crippen LogP contribution in [0, 0.1) is 13.8 Å². The van der Waals surface area contributed by atoms with Gasteiger partial charge in [0, 0.05) is 17.1 Å². The molecule has 2 rings (SSSR count). The molecule has 2 aromatic rings. The zero-order valence-electron chi connectivity index (χ0n) is 12.0. The summed E-state index contributed by atoms with van der Waals surface area (Å²) in [7, 11) is 0. The predicted octanol–water partition coefficient (Wildman–Crippen LogP) is 3.17. The van der Waals surface area contributed by atoms with Gasteiger partial charge in [-0.2, -0.15) is 13.2 Å². The van der Waals surface area contributed by atoms with Crippen LogP contribution in [-0.4, -0.2) is 28.3 Å². The Hall–Kier alpha value is -2.51. The van der Waals surface area contributed by atoms with Crippen molar-refractivity contribution in [2.45, 2.75) is 20.0 Å². The van der Waals surface area contributed by atoms with E-state index in [1.807, 2.05) is 18.4 Å². The summed E-state index contributed by atoms with van der Waals surface area (Å²) in [6, 6.07) is 5.80. The fourth-order valence-electron chi connectivity index (χ4n) is 1.82. The molecule has 0 saturated carbocycles. The number of rotatable bonds is 3. The van der Waals surface area contributed by atoms with Gasteiger partial charge >= 0.3 is 12.2 Å². The third-order valence-corrected chi connectivity index (χ3v) is 3.10. The molecule has 2 N–H and O–H groups in total. The maximum absolute atomic E-state index is 12.0. The van der Waals surface area contributed by atoms with E-state index < -0.39 is 18.8 Å². The molecular formula is C14H15F3N4O. The number of halogens is 3. The predicted molar refractivity (Wildman–Crippen MR) is 76.1 cm³/mol. The number of nitrogens with one attached hydrogen (secondary N) is 2. The Balaban J connectivity index is 2.00. The summed E-state index contributed by atoms with van der Waals surface area (Å²) in [6.07, 6.45) is -2.75. The van der Waals surface area contributed by atoms with Crippen molar-refractivity contribution >= 4 is 11.7 Å². The lowest BCUT2D eigenvalue weighted by atomic mass is 10.2. The Morgan fingerprint density at radius 3 is 2.36 bits per heavy atom. The van der Waals surface area contributed by atoms with E-state index in [1.54, 1.807) is 35.9 Å². The highest BCUT2D eigenvalue weighted by atomic mass is 19.4. The number of alkyl halides is 3. The van der Waals surface area contributed by atoms with Gasteiger partial charge in [-0.1, -0.05) is 0 Å². The Morgan fingerprint density at radius 2 is 1.86 bits per heavy atom. The number of hydrogen-bond donors (Lipinski definition) is 2. The van der Waals surface area contributed by atoms with Crippen LogP contribution >= 0.6 is 0 Å². The summed E-state index contributed by atoms with van der Waals surface area (Å²) in [6.45, 7) is 2.45. The Bertz CT molecular complexity index is 662. The molecule has 0 radical (unpaired) electrons. The monoisotopic (exact) mass is 312 g/mol. The third-order valence-electron chi connectivity index (χ3n) is 3.10. The molecule has 1 aromatic carbocycles. The van der Waals surface area contributed by atoms with Crippen molar-refractivity contribution in [1.29, 1.82) is 0 Å². The average molecular weight is 312 g/mol. The van der Waals surface area contributed by atoms with Crippen LogP contribution in [-0.2, 0) is 0 Å². The number of amides is 2. The molecule has 0 bridgehead atoms. The Labute approximate surface area is 125 Å². The topological polar surface area (TPSA) is 59.0 Å². The van der Waals surface area contributed by atoms with Crippen molar-refractivity contribution in [3.63, 3.8) is 0 Å². The van der Waals surface area contributed by atoms with Gasteiger partial charge in [-0.25, -0.2) is 9.78 Å². The maximum Gasteiger partial charge on any atom is 0.405 e. The number of carbonyl (C=O) groups is 1. The lowest BCUT2D eigenvalue weighted by Crippen LogP contribution is -2.36. The number of imidazole rings is 1. The van der Waals surface area contributed by atoms with Crippen LogP contribution in [0.5, 0.6) is 0 Å². The molecule has 0 unspecified atom stereocenters. The number of aryl methyl sites for hydroxylation is 1. The highest BCUT2D eigenvalue weighted by molar-refractivity contribution is 5.89. The van der Waals surface area contributed by atoms with E-state index in [0.717, 1.165) is 17.1 Å². The molecule has 0 aliphatic heterocycles. The summed E-state index contributed by atoms with van der Waals surface area (Å²) in [5, 5.41) is 4.08. The molecule has 5 nitrogen and oxygen atoms in total. The normalized spacial score (nSPS) is 11.3. The van der Waals surface area contributed by atoms with Crippen LogP contribution in [0.4, 0.5) is 23.7 Å². The Kier molecular flexibility index (Phi) is 4.39. The van der Waals surface area contributed by atoms with E-state index in [-0.39, 0.29) is 0 Å². The smallest absolute Gasteiger partial charge is 0.329 e. The van der Waals surface area contributed by atoms with Gasteiger partial charge in [-0.3, -0.25) is 0 Å². The molecule has 1 heterocycles. The molecule has 1 aromatic heterocycles. The van der Waals surface area contributed by atoms with Gasteiger partial charge in [0.2, 0.25) is 0 Å². The first-order valence-electron chi connectivity index (χ1n) is 6.49. The second-order valence-corrected chi connectivity index (χ2v) is 4.76. The van der Waals surface area contributed by atoms with Crippen molar-refractivity contribution < 1.29 is 18.0 Å². The number of benzene rings is 1. The molecule has 0 aliphatic rings. The summed E-state index contributed by atoms with van der Waals surface area (Å²) in [5.41, 5.74) is 3.15. The first-order chi connectivity index (χ1) is 10.3. The minimum absolute atomic E-state index is 0.401. The second-order valence-electron chi connectivity index (χ2n) is 4.76. The van der Waals surface area contributed by atoms with E-state index in [9.17, 15) is 18.0 Å². The number of carbonyl (C=O) groups excluding carboxylic acids is 1. The van der Waals surface area contributed by atoms with Gasteiger partial charge in [-0.15, -0.1) is 0 Å². The van der Waals surface area contributed by atoms with Crippen molar-refractivity contribution in [2.75, 3.05) is 11.9 Å². The first kappa shape index (κ1) is 15.9. The minimum atomic E-state index is -4.43. The standard InChI is InChI=1S/C14H15F3N4O/c1-9-10(2)21(8-19-9)12-5-3-11(4-6-12)20-13(22)18-7-14(15,16)17/h3-6,8H,7H2,1-2H3,(H2,18,20,22). The summed E-state index contributed by atoms with van der Waals surface area (Å²) in [4.78, 5) is 15.5. The third kappa shape index (κ3) is 4.00. The fraction of sp³-hybridized carbons (Fsp3) is 0.286. The van der Waals surface area contributed by atoms with Crippen molar-refractivity contribution in [1.82, 2.24) is 14.9 Å². The zero-order chi connectivity index (χ0) is 16.3. The number of hydrogen-bond acceptors (Lipinski definition) is 2. The molecule has 118 valence electrons. The molecule has 2 amide bonds. The number of anilines is 1. The number of nitrogens with zero attached hydrogens (tertiary/aromatic N) is 2. The van der Waals surface area contributed by atoms with Gasteiger partial charge in [0.15, 0.2) is 0 Å². The first-order valence-corrected chi connectivity index (χ1v) is 6.49. The van der Waals surface area contributed by atoms with Crippen LogP contribution in [0.1, 0.15) is 11.4 Å². The van der Waals surface area contributed by atoms with Gasteiger partial charge in [0.1, 0.15) is 6.54 Å². The second kappa shape index (κ2) is 6.08. The number of urea groups is 1.